The number of carbonyl (C=O) groups excluding carboxylic acids is 1. The number of halogens is 1. The third kappa shape index (κ3) is 2.98. The van der Waals surface area contributed by atoms with E-state index in [0.29, 0.717) is 18.0 Å². The van der Waals surface area contributed by atoms with Crippen molar-refractivity contribution >= 4 is 28.5 Å². The normalized spacial score (nSPS) is 18.5. The number of nitrogens with two attached hydrogens (primary N) is 1. The monoisotopic (exact) mass is 344 g/mol. The standard InChI is InChI=1S/C13H17IN2O/c1-13(8-15,10-5-6-10)16-12(17)9-3-2-4-11(14)7-9/h2-4,7,10H,5-6,8,15H2,1H3,(H,16,17). The minimum absolute atomic E-state index is 0.0247. The van der Waals surface area contributed by atoms with Crippen molar-refractivity contribution in [3.8, 4) is 0 Å². The molecule has 1 aromatic rings. The molecule has 0 radical (unpaired) electrons. The number of hydrogen-bond donors (Lipinski definition) is 2. The van der Waals surface area contributed by atoms with Crippen LogP contribution in [0.25, 0.3) is 0 Å². The Hall–Kier alpha value is -0.620. The van der Waals surface area contributed by atoms with Gasteiger partial charge in [-0.15, -0.1) is 0 Å². The van der Waals surface area contributed by atoms with Crippen LogP contribution in [0.5, 0.6) is 0 Å². The lowest BCUT2D eigenvalue weighted by atomic mass is 9.95. The van der Waals surface area contributed by atoms with Gasteiger partial charge in [0.2, 0.25) is 0 Å². The number of rotatable bonds is 4. The van der Waals surface area contributed by atoms with E-state index in [-0.39, 0.29) is 11.4 Å². The first-order chi connectivity index (χ1) is 8.05. The Balaban J connectivity index is 2.10. The van der Waals surface area contributed by atoms with Crippen molar-refractivity contribution in [1.29, 1.82) is 0 Å². The maximum Gasteiger partial charge on any atom is 0.251 e. The summed E-state index contributed by atoms with van der Waals surface area (Å²) in [5.74, 6) is 0.516. The highest BCUT2D eigenvalue weighted by Crippen LogP contribution is 2.39. The Morgan fingerprint density at radius 3 is 2.82 bits per heavy atom. The molecule has 1 aromatic carbocycles. The van der Waals surface area contributed by atoms with Gasteiger partial charge in [0.05, 0.1) is 5.54 Å². The number of nitrogens with one attached hydrogen (secondary N) is 1. The van der Waals surface area contributed by atoms with Gasteiger partial charge >= 0.3 is 0 Å². The molecule has 0 bridgehead atoms. The van der Waals surface area contributed by atoms with Crippen molar-refractivity contribution in [2.75, 3.05) is 6.54 Å². The Morgan fingerprint density at radius 1 is 1.59 bits per heavy atom. The molecule has 0 heterocycles. The zero-order valence-corrected chi connectivity index (χ0v) is 12.0. The molecule has 1 atom stereocenters. The molecule has 1 aliphatic rings. The average molecular weight is 344 g/mol. The maximum absolute atomic E-state index is 12.1. The summed E-state index contributed by atoms with van der Waals surface area (Å²) in [4.78, 5) is 12.1. The molecule has 1 fully saturated rings. The Kier molecular flexibility index (Phi) is 3.73. The number of hydrogen-bond acceptors (Lipinski definition) is 2. The first-order valence-electron chi connectivity index (χ1n) is 5.83. The second kappa shape index (κ2) is 4.94. The number of amides is 1. The fraction of sp³-hybridized carbons (Fsp3) is 0.462. The van der Waals surface area contributed by atoms with Gasteiger partial charge in [-0.2, -0.15) is 0 Å². The minimum atomic E-state index is -0.252. The molecule has 3 N–H and O–H groups in total. The van der Waals surface area contributed by atoms with Crippen molar-refractivity contribution in [2.24, 2.45) is 11.7 Å². The van der Waals surface area contributed by atoms with Crippen LogP contribution in [0.1, 0.15) is 30.1 Å². The van der Waals surface area contributed by atoms with Gasteiger partial charge in [-0.25, -0.2) is 0 Å². The fourth-order valence-electron chi connectivity index (χ4n) is 2.00. The first kappa shape index (κ1) is 12.8. The van der Waals surface area contributed by atoms with Crippen LogP contribution in [0.3, 0.4) is 0 Å². The average Bonchev–Trinajstić information content (AvgIpc) is 3.13. The molecule has 4 heteroatoms. The Bertz CT molecular complexity index is 431. The molecule has 0 aromatic heterocycles. The molecular formula is C13H17IN2O. The van der Waals surface area contributed by atoms with Gasteiger partial charge in [0.1, 0.15) is 0 Å². The van der Waals surface area contributed by atoms with E-state index in [4.69, 9.17) is 5.73 Å². The zero-order valence-electron chi connectivity index (χ0n) is 9.87. The summed E-state index contributed by atoms with van der Waals surface area (Å²) in [6.07, 6.45) is 2.33. The molecule has 3 nitrogen and oxygen atoms in total. The Labute approximate surface area is 115 Å². The molecule has 1 unspecified atom stereocenters. The Morgan fingerprint density at radius 2 is 2.29 bits per heavy atom. The van der Waals surface area contributed by atoms with Gasteiger partial charge in [-0.3, -0.25) is 4.79 Å². The van der Waals surface area contributed by atoms with Crippen LogP contribution < -0.4 is 11.1 Å². The first-order valence-corrected chi connectivity index (χ1v) is 6.91. The summed E-state index contributed by atoms with van der Waals surface area (Å²) in [5, 5.41) is 3.08. The van der Waals surface area contributed by atoms with E-state index in [0.717, 1.165) is 3.57 Å². The molecule has 2 rings (SSSR count). The van der Waals surface area contributed by atoms with E-state index in [1.807, 2.05) is 31.2 Å². The van der Waals surface area contributed by atoms with Gasteiger partial charge in [-0.1, -0.05) is 6.07 Å². The van der Waals surface area contributed by atoms with E-state index in [1.165, 1.54) is 12.8 Å². The van der Waals surface area contributed by atoms with Crippen LogP contribution in [0.15, 0.2) is 24.3 Å². The second-order valence-corrected chi connectivity index (χ2v) is 6.11. The molecule has 92 valence electrons. The van der Waals surface area contributed by atoms with Gasteiger partial charge < -0.3 is 11.1 Å². The van der Waals surface area contributed by atoms with Crippen molar-refractivity contribution in [3.63, 3.8) is 0 Å². The van der Waals surface area contributed by atoms with Crippen LogP contribution in [0, 0.1) is 9.49 Å². The molecule has 0 spiro atoms. The molecule has 1 saturated carbocycles. The zero-order chi connectivity index (χ0) is 12.5. The highest BCUT2D eigenvalue weighted by molar-refractivity contribution is 14.1. The molecule has 0 aliphatic heterocycles. The van der Waals surface area contributed by atoms with Crippen LogP contribution in [0.4, 0.5) is 0 Å². The quantitative estimate of drug-likeness (QED) is 0.823. The van der Waals surface area contributed by atoms with E-state index in [9.17, 15) is 4.79 Å². The lowest BCUT2D eigenvalue weighted by molar-refractivity contribution is 0.0898. The lowest BCUT2D eigenvalue weighted by Gasteiger charge is -2.29. The van der Waals surface area contributed by atoms with Gasteiger partial charge in [0, 0.05) is 15.7 Å². The molecular weight excluding hydrogens is 327 g/mol. The van der Waals surface area contributed by atoms with E-state index >= 15 is 0 Å². The van der Waals surface area contributed by atoms with E-state index in [1.54, 1.807) is 0 Å². The van der Waals surface area contributed by atoms with Crippen molar-refractivity contribution < 1.29 is 4.79 Å². The summed E-state index contributed by atoms with van der Waals surface area (Å²) < 4.78 is 1.07. The smallest absolute Gasteiger partial charge is 0.251 e. The third-order valence-corrected chi connectivity index (χ3v) is 4.06. The summed E-state index contributed by atoms with van der Waals surface area (Å²) in [6, 6.07) is 7.59. The summed E-state index contributed by atoms with van der Waals surface area (Å²) in [5.41, 5.74) is 6.24. The third-order valence-electron chi connectivity index (χ3n) is 3.39. The van der Waals surface area contributed by atoms with Crippen LogP contribution >= 0.6 is 22.6 Å². The number of carbonyl (C=O) groups is 1. The van der Waals surface area contributed by atoms with Crippen molar-refractivity contribution in [2.45, 2.75) is 25.3 Å². The topological polar surface area (TPSA) is 55.1 Å². The molecule has 1 aliphatic carbocycles. The minimum Gasteiger partial charge on any atom is -0.345 e. The highest BCUT2D eigenvalue weighted by atomic mass is 127. The van der Waals surface area contributed by atoms with E-state index in [2.05, 4.69) is 27.9 Å². The predicted octanol–water partition coefficient (Wildman–Crippen LogP) is 2.15. The number of benzene rings is 1. The second-order valence-electron chi connectivity index (χ2n) is 4.86. The van der Waals surface area contributed by atoms with Crippen LogP contribution in [-0.2, 0) is 0 Å². The van der Waals surface area contributed by atoms with Gasteiger partial charge in [0.25, 0.3) is 5.91 Å². The fourth-order valence-corrected chi connectivity index (χ4v) is 2.54. The van der Waals surface area contributed by atoms with Crippen LogP contribution in [-0.4, -0.2) is 18.0 Å². The van der Waals surface area contributed by atoms with Crippen molar-refractivity contribution in [1.82, 2.24) is 5.32 Å². The van der Waals surface area contributed by atoms with Gasteiger partial charge in [0.15, 0.2) is 0 Å². The summed E-state index contributed by atoms with van der Waals surface area (Å²) >= 11 is 2.21. The molecule has 0 saturated heterocycles. The molecule has 1 amide bonds. The SMILES string of the molecule is CC(CN)(NC(=O)c1cccc(I)c1)C1CC1. The molecule has 17 heavy (non-hydrogen) atoms. The summed E-state index contributed by atoms with van der Waals surface area (Å²) in [6.45, 7) is 2.53. The highest BCUT2D eigenvalue weighted by Gasteiger charge is 2.41. The predicted molar refractivity (Wildman–Crippen MR) is 76.8 cm³/mol. The van der Waals surface area contributed by atoms with Crippen LogP contribution in [0.2, 0.25) is 0 Å². The van der Waals surface area contributed by atoms with E-state index < -0.39 is 0 Å². The van der Waals surface area contributed by atoms with Crippen molar-refractivity contribution in [3.05, 3.63) is 33.4 Å². The largest absolute Gasteiger partial charge is 0.345 e. The van der Waals surface area contributed by atoms with Gasteiger partial charge in [-0.05, 0) is 66.5 Å². The summed E-state index contributed by atoms with van der Waals surface area (Å²) in [7, 11) is 0. The lowest BCUT2D eigenvalue weighted by Crippen LogP contribution is -2.53. The maximum atomic E-state index is 12.1.